The molecular weight excluding hydrogens is 517 g/mol. The van der Waals surface area contributed by atoms with Crippen molar-refractivity contribution in [2.75, 3.05) is 46.0 Å². The van der Waals surface area contributed by atoms with Gasteiger partial charge in [0.15, 0.2) is 0 Å². The first-order chi connectivity index (χ1) is 15.9. The summed E-state index contributed by atoms with van der Waals surface area (Å²) in [5, 5.41) is 1.46. The number of nitrogens with zero attached hydrogens (tertiary/aromatic N) is 3. The number of hydrogen-bond donors (Lipinski definition) is 0. The van der Waals surface area contributed by atoms with E-state index >= 15 is 0 Å². The zero-order valence-corrected chi connectivity index (χ0v) is 22.7. The van der Waals surface area contributed by atoms with Crippen molar-refractivity contribution >= 4 is 50.7 Å². The predicted molar refractivity (Wildman–Crippen MR) is 139 cm³/mol. The maximum atomic E-state index is 13.8. The zero-order valence-electron chi connectivity index (χ0n) is 19.6. The molecule has 34 heavy (non-hydrogen) atoms. The summed E-state index contributed by atoms with van der Waals surface area (Å²) in [6, 6.07) is 12.8. The van der Waals surface area contributed by atoms with Crippen LogP contribution in [0.4, 0.5) is 0 Å². The van der Waals surface area contributed by atoms with Crippen LogP contribution >= 0.6 is 34.8 Å². The third kappa shape index (κ3) is 6.65. The van der Waals surface area contributed by atoms with Crippen LogP contribution in [0.5, 0.6) is 0 Å². The molecule has 0 saturated carbocycles. The Morgan fingerprint density at radius 2 is 1.71 bits per heavy atom. The Hall–Kier alpha value is -1.35. The maximum absolute atomic E-state index is 13.8. The van der Waals surface area contributed by atoms with Crippen LogP contribution in [0, 0.1) is 0 Å². The number of sulfonamides is 1. The fraction of sp³-hybridized carbons (Fsp3) is 0.458. The van der Waals surface area contributed by atoms with Gasteiger partial charge >= 0.3 is 0 Å². The Labute approximate surface area is 217 Å². The summed E-state index contributed by atoms with van der Waals surface area (Å²) < 4.78 is 25.1. The van der Waals surface area contributed by atoms with Crippen molar-refractivity contribution in [2.45, 2.75) is 25.3 Å². The van der Waals surface area contributed by atoms with E-state index in [0.29, 0.717) is 60.8 Å². The van der Waals surface area contributed by atoms with Crippen LogP contribution in [0.15, 0.2) is 42.5 Å². The lowest BCUT2D eigenvalue weighted by Crippen LogP contribution is -2.50. The van der Waals surface area contributed by atoms with E-state index < -0.39 is 15.4 Å². The minimum Gasteiger partial charge on any atom is -0.341 e. The van der Waals surface area contributed by atoms with Crippen LogP contribution < -0.4 is 0 Å². The first kappa shape index (κ1) is 27.2. The van der Waals surface area contributed by atoms with Gasteiger partial charge in [-0.05, 0) is 55.3 Å². The first-order valence-electron chi connectivity index (χ1n) is 11.0. The van der Waals surface area contributed by atoms with E-state index in [2.05, 4.69) is 4.90 Å². The van der Waals surface area contributed by atoms with Crippen molar-refractivity contribution in [3.05, 3.63) is 68.7 Å². The molecule has 0 spiro atoms. The highest BCUT2D eigenvalue weighted by Crippen LogP contribution is 2.35. The number of hydrogen-bond acceptors (Lipinski definition) is 4. The van der Waals surface area contributed by atoms with E-state index in [1.54, 1.807) is 30.1 Å². The number of likely N-dealkylation sites (N-methyl/N-ethyl adjacent to an activating group) is 1. The lowest BCUT2D eigenvalue weighted by molar-refractivity contribution is -0.136. The summed E-state index contributed by atoms with van der Waals surface area (Å²) in [6.45, 7) is 5.13. The molecule has 1 aliphatic rings. The number of halogens is 3. The molecule has 186 valence electrons. The van der Waals surface area contributed by atoms with Crippen molar-refractivity contribution in [1.29, 1.82) is 0 Å². The monoisotopic (exact) mass is 545 g/mol. The van der Waals surface area contributed by atoms with Gasteiger partial charge in [0, 0.05) is 44.8 Å². The second-order valence-electron chi connectivity index (χ2n) is 9.01. The molecule has 0 aromatic heterocycles. The minimum atomic E-state index is -3.19. The Morgan fingerprint density at radius 1 is 1.03 bits per heavy atom. The van der Waals surface area contributed by atoms with Gasteiger partial charge in [0.25, 0.3) is 0 Å². The summed E-state index contributed by atoms with van der Waals surface area (Å²) >= 11 is 18.6. The Kier molecular flexibility index (Phi) is 8.93. The second kappa shape index (κ2) is 11.1. The average molecular weight is 547 g/mol. The van der Waals surface area contributed by atoms with Gasteiger partial charge in [-0.3, -0.25) is 4.79 Å². The van der Waals surface area contributed by atoms with Crippen LogP contribution in [0.1, 0.15) is 24.5 Å². The van der Waals surface area contributed by atoms with Crippen LogP contribution in [-0.2, 0) is 26.8 Å². The lowest BCUT2D eigenvalue weighted by atomic mass is 9.77. The standard InChI is InChI=1S/C24H30Cl3N3O3S/c1-24(19-7-8-21(26)22(27)16-19,9-10-29-11-13-30(14-12-29)34(3,32)33)23(31)28(2)17-18-5-4-6-20(25)15-18/h4-8,15-16H,9-14,17H2,1-3H3. The molecule has 1 fully saturated rings. The van der Waals surface area contributed by atoms with Gasteiger partial charge in [0.1, 0.15) is 0 Å². The van der Waals surface area contributed by atoms with Gasteiger partial charge in [-0.15, -0.1) is 0 Å². The van der Waals surface area contributed by atoms with Gasteiger partial charge in [-0.2, -0.15) is 4.31 Å². The van der Waals surface area contributed by atoms with Crippen LogP contribution in [0.25, 0.3) is 0 Å². The van der Waals surface area contributed by atoms with E-state index in [4.69, 9.17) is 34.8 Å². The van der Waals surface area contributed by atoms with Crippen molar-refractivity contribution < 1.29 is 13.2 Å². The largest absolute Gasteiger partial charge is 0.341 e. The highest BCUT2D eigenvalue weighted by atomic mass is 35.5. The summed E-state index contributed by atoms with van der Waals surface area (Å²) in [5.74, 6) is -0.0411. The Balaban J connectivity index is 1.79. The van der Waals surface area contributed by atoms with Gasteiger partial charge in [-0.25, -0.2) is 8.42 Å². The third-order valence-corrected chi connectivity index (χ3v) is 8.69. The quantitative estimate of drug-likeness (QED) is 0.488. The molecule has 1 unspecified atom stereocenters. The first-order valence-corrected chi connectivity index (χ1v) is 14.0. The van der Waals surface area contributed by atoms with Gasteiger partial charge in [0.2, 0.25) is 15.9 Å². The van der Waals surface area contributed by atoms with Crippen LogP contribution in [-0.4, -0.2) is 74.5 Å². The summed E-state index contributed by atoms with van der Waals surface area (Å²) in [4.78, 5) is 17.7. The molecule has 2 aromatic carbocycles. The van der Waals surface area contributed by atoms with Crippen LogP contribution in [0.3, 0.4) is 0 Å². The topological polar surface area (TPSA) is 60.9 Å². The molecule has 1 heterocycles. The predicted octanol–water partition coefficient (Wildman–Crippen LogP) is 4.53. The maximum Gasteiger partial charge on any atom is 0.233 e. The number of rotatable bonds is 8. The van der Waals surface area contributed by atoms with Gasteiger partial charge in [-0.1, -0.05) is 53.0 Å². The van der Waals surface area contributed by atoms with Crippen molar-refractivity contribution in [2.24, 2.45) is 0 Å². The van der Waals surface area contributed by atoms with Gasteiger partial charge in [0.05, 0.1) is 21.7 Å². The van der Waals surface area contributed by atoms with E-state index in [-0.39, 0.29) is 5.91 Å². The molecule has 1 saturated heterocycles. The van der Waals surface area contributed by atoms with E-state index in [1.165, 1.54) is 10.6 Å². The smallest absolute Gasteiger partial charge is 0.233 e. The number of piperazine rings is 1. The van der Waals surface area contributed by atoms with Gasteiger partial charge < -0.3 is 9.80 Å². The zero-order chi connectivity index (χ0) is 25.1. The SMILES string of the molecule is CN(Cc1cccc(Cl)c1)C(=O)C(C)(CCN1CCN(S(C)(=O)=O)CC1)c1ccc(Cl)c(Cl)c1. The summed E-state index contributed by atoms with van der Waals surface area (Å²) in [7, 11) is -1.41. The third-order valence-electron chi connectivity index (χ3n) is 6.41. The summed E-state index contributed by atoms with van der Waals surface area (Å²) in [5.41, 5.74) is 0.881. The number of carbonyl (C=O) groups is 1. The normalized spacial score (nSPS) is 17.4. The highest BCUT2D eigenvalue weighted by molar-refractivity contribution is 7.88. The van der Waals surface area contributed by atoms with Crippen molar-refractivity contribution in [3.63, 3.8) is 0 Å². The molecule has 0 aliphatic carbocycles. The molecule has 0 N–H and O–H groups in total. The molecule has 10 heteroatoms. The molecule has 0 radical (unpaired) electrons. The molecule has 6 nitrogen and oxygen atoms in total. The van der Waals surface area contributed by atoms with E-state index in [1.807, 2.05) is 31.2 Å². The fourth-order valence-corrected chi connectivity index (χ4v) is 5.62. The van der Waals surface area contributed by atoms with Crippen molar-refractivity contribution in [1.82, 2.24) is 14.1 Å². The molecule has 0 bridgehead atoms. The van der Waals surface area contributed by atoms with Crippen molar-refractivity contribution in [3.8, 4) is 0 Å². The fourth-order valence-electron chi connectivity index (χ4n) is 4.28. The lowest BCUT2D eigenvalue weighted by Gasteiger charge is -2.38. The second-order valence-corrected chi connectivity index (χ2v) is 12.2. The summed E-state index contributed by atoms with van der Waals surface area (Å²) in [6.07, 6.45) is 1.78. The molecule has 3 rings (SSSR count). The molecule has 1 atom stereocenters. The molecule has 2 aromatic rings. The molecule has 1 amide bonds. The molecular formula is C24H30Cl3N3O3S. The molecule has 1 aliphatic heterocycles. The van der Waals surface area contributed by atoms with Crippen LogP contribution in [0.2, 0.25) is 15.1 Å². The Morgan fingerprint density at radius 3 is 2.29 bits per heavy atom. The number of amides is 1. The highest BCUT2D eigenvalue weighted by Gasteiger charge is 2.38. The minimum absolute atomic E-state index is 0.0411. The Bertz CT molecular complexity index is 1140. The number of carbonyl (C=O) groups excluding carboxylic acids is 1. The van der Waals surface area contributed by atoms with E-state index in [9.17, 15) is 13.2 Å². The average Bonchev–Trinajstić information content (AvgIpc) is 2.78. The van der Waals surface area contributed by atoms with E-state index in [0.717, 1.165) is 11.1 Å². The number of benzene rings is 2.